The highest BCUT2D eigenvalue weighted by molar-refractivity contribution is 5.71. The van der Waals surface area contributed by atoms with Gasteiger partial charge in [-0.25, -0.2) is 4.98 Å². The predicted octanol–water partition coefficient (Wildman–Crippen LogP) is 2.30. The lowest BCUT2D eigenvalue weighted by Gasteiger charge is -1.79. The van der Waals surface area contributed by atoms with Gasteiger partial charge in [0.1, 0.15) is 5.52 Å². The van der Waals surface area contributed by atoms with Crippen LogP contribution in [0.25, 0.3) is 11.1 Å². The van der Waals surface area contributed by atoms with E-state index in [1.165, 1.54) is 6.39 Å². The molecule has 0 bridgehead atoms. The van der Waals surface area contributed by atoms with Crippen molar-refractivity contribution in [1.82, 2.24) is 15.2 Å². The minimum absolute atomic E-state index is 0.845. The van der Waals surface area contributed by atoms with Crippen molar-refractivity contribution in [3.05, 3.63) is 55.2 Å². The Morgan fingerprint density at radius 1 is 0.867 bits per heavy atom. The molecule has 0 radical (unpaired) electrons. The second-order valence-corrected chi connectivity index (χ2v) is 2.73. The normalized spacial score (nSPS) is 9.33. The van der Waals surface area contributed by atoms with E-state index in [1.807, 2.05) is 36.4 Å². The molecule has 0 spiro atoms. The molecule has 0 unspecified atom stereocenters. The van der Waals surface area contributed by atoms with Crippen LogP contribution in [-0.2, 0) is 0 Å². The molecule has 0 amide bonds. The van der Waals surface area contributed by atoms with Gasteiger partial charge in [-0.3, -0.25) is 0 Å². The molecule has 3 rings (SSSR count). The molecule has 0 aliphatic rings. The van der Waals surface area contributed by atoms with Crippen molar-refractivity contribution in [3.8, 4) is 0 Å². The number of hydrogen-bond donors (Lipinski definition) is 0. The molecule has 0 aliphatic heterocycles. The van der Waals surface area contributed by atoms with Crippen LogP contribution >= 0.6 is 0 Å². The zero-order valence-electron chi connectivity index (χ0n) is 7.95. The van der Waals surface area contributed by atoms with Crippen molar-refractivity contribution >= 4 is 11.1 Å². The summed E-state index contributed by atoms with van der Waals surface area (Å²) >= 11 is 0. The van der Waals surface area contributed by atoms with E-state index >= 15 is 0 Å². The molecule has 0 atom stereocenters. The summed E-state index contributed by atoms with van der Waals surface area (Å²) < 4.78 is 5.01. The first kappa shape index (κ1) is 9.33. The van der Waals surface area contributed by atoms with E-state index in [0.717, 1.165) is 11.1 Å². The lowest BCUT2D eigenvalue weighted by atomic mass is 10.3. The lowest BCUT2D eigenvalue weighted by Crippen LogP contribution is -1.69. The first-order valence-electron chi connectivity index (χ1n) is 4.47. The zero-order valence-corrected chi connectivity index (χ0v) is 7.95. The Bertz CT molecular complexity index is 450. The number of fused-ring (bicyclic) bond motifs is 1. The number of para-hydroxylation sites is 2. The maximum atomic E-state index is 5.01. The van der Waals surface area contributed by atoms with E-state index in [4.69, 9.17) is 4.42 Å². The Hall–Kier alpha value is -2.23. The lowest BCUT2D eigenvalue weighted by molar-refractivity contribution is 0.602. The van der Waals surface area contributed by atoms with Gasteiger partial charge in [0.15, 0.2) is 12.0 Å². The molecule has 0 N–H and O–H groups in total. The van der Waals surface area contributed by atoms with Crippen LogP contribution in [0.15, 0.2) is 59.6 Å². The maximum absolute atomic E-state index is 5.01. The van der Waals surface area contributed by atoms with Gasteiger partial charge in [0.05, 0.1) is 0 Å². The zero-order chi connectivity index (χ0) is 10.3. The van der Waals surface area contributed by atoms with Crippen LogP contribution in [0.4, 0.5) is 0 Å². The van der Waals surface area contributed by atoms with Gasteiger partial charge >= 0.3 is 0 Å². The van der Waals surface area contributed by atoms with E-state index in [-0.39, 0.29) is 0 Å². The number of aromatic nitrogens is 3. The summed E-state index contributed by atoms with van der Waals surface area (Å²) in [4.78, 5) is 3.95. The molecule has 0 saturated heterocycles. The number of hydrogen-bond acceptors (Lipinski definition) is 4. The minimum atomic E-state index is 0.845. The van der Waals surface area contributed by atoms with Gasteiger partial charge in [0.2, 0.25) is 0 Å². The summed E-state index contributed by atoms with van der Waals surface area (Å²) in [6, 6.07) is 11.3. The second-order valence-electron chi connectivity index (χ2n) is 2.73. The topological polar surface area (TPSA) is 51.8 Å². The minimum Gasteiger partial charge on any atom is -0.443 e. The molecule has 2 heterocycles. The summed E-state index contributed by atoms with van der Waals surface area (Å²) in [6.45, 7) is 0. The largest absolute Gasteiger partial charge is 0.443 e. The number of nitrogens with zero attached hydrogens (tertiary/aromatic N) is 3. The number of rotatable bonds is 0. The Labute approximate surface area is 86.6 Å². The molecule has 0 fully saturated rings. The molecule has 0 aliphatic carbocycles. The third kappa shape index (κ3) is 2.60. The Balaban J connectivity index is 0.000000124. The highest BCUT2D eigenvalue weighted by atomic mass is 16.3. The van der Waals surface area contributed by atoms with Crippen molar-refractivity contribution in [3.63, 3.8) is 0 Å². The summed E-state index contributed by atoms with van der Waals surface area (Å²) in [5.41, 5.74) is 1.76. The first-order chi connectivity index (χ1) is 7.47. The monoisotopic (exact) mass is 199 g/mol. The van der Waals surface area contributed by atoms with Crippen LogP contribution in [0.2, 0.25) is 0 Å². The van der Waals surface area contributed by atoms with Gasteiger partial charge in [0, 0.05) is 12.4 Å². The van der Waals surface area contributed by atoms with Gasteiger partial charge in [-0.2, -0.15) is 10.2 Å². The maximum Gasteiger partial charge on any atom is 0.181 e. The van der Waals surface area contributed by atoms with Crippen LogP contribution < -0.4 is 0 Å². The molecule has 1 aromatic carbocycles. The summed E-state index contributed by atoms with van der Waals surface area (Å²) in [5.74, 6) is 0. The molecule has 2 aromatic heterocycles. The first-order valence-corrected chi connectivity index (χ1v) is 4.47. The molecule has 0 saturated carbocycles. The van der Waals surface area contributed by atoms with E-state index in [1.54, 1.807) is 12.4 Å². The van der Waals surface area contributed by atoms with E-state index in [2.05, 4.69) is 15.2 Å². The summed E-state index contributed by atoms with van der Waals surface area (Å²) in [5, 5.41) is 7.07. The fourth-order valence-electron chi connectivity index (χ4n) is 1.06. The summed E-state index contributed by atoms with van der Waals surface area (Å²) in [6.07, 6.45) is 4.73. The van der Waals surface area contributed by atoms with Crippen molar-refractivity contribution in [2.75, 3.05) is 0 Å². The van der Waals surface area contributed by atoms with Crippen LogP contribution in [0, 0.1) is 0 Å². The number of benzene rings is 1. The average Bonchev–Trinajstić information content (AvgIpc) is 2.80. The van der Waals surface area contributed by atoms with Gasteiger partial charge in [0.25, 0.3) is 0 Å². The average molecular weight is 199 g/mol. The van der Waals surface area contributed by atoms with Crippen molar-refractivity contribution in [2.45, 2.75) is 0 Å². The molecular formula is C11H9N3O. The molecule has 4 nitrogen and oxygen atoms in total. The van der Waals surface area contributed by atoms with Crippen LogP contribution in [-0.4, -0.2) is 15.2 Å². The molecule has 3 aromatic rings. The Kier molecular flexibility index (Phi) is 3.02. The van der Waals surface area contributed by atoms with Crippen molar-refractivity contribution in [2.24, 2.45) is 0 Å². The standard InChI is InChI=1S/C7H5NO.C4H4N2/c1-2-4-7-6(3-1)8-5-9-7;1-2-4-6-5-3-1/h1-5H;1-4H. The van der Waals surface area contributed by atoms with Crippen LogP contribution in [0.1, 0.15) is 0 Å². The Morgan fingerprint density at radius 3 is 2.20 bits per heavy atom. The van der Waals surface area contributed by atoms with Gasteiger partial charge < -0.3 is 4.42 Å². The van der Waals surface area contributed by atoms with Crippen molar-refractivity contribution in [1.29, 1.82) is 0 Å². The third-order valence-electron chi connectivity index (χ3n) is 1.72. The highest BCUT2D eigenvalue weighted by Crippen LogP contribution is 2.09. The predicted molar refractivity (Wildman–Crippen MR) is 56.0 cm³/mol. The number of oxazole rings is 1. The second kappa shape index (κ2) is 4.85. The smallest absolute Gasteiger partial charge is 0.181 e. The molecule has 15 heavy (non-hydrogen) atoms. The van der Waals surface area contributed by atoms with Crippen molar-refractivity contribution < 1.29 is 4.42 Å². The fraction of sp³-hybridized carbons (Fsp3) is 0. The van der Waals surface area contributed by atoms with Crippen LogP contribution in [0.3, 0.4) is 0 Å². The fourth-order valence-corrected chi connectivity index (χ4v) is 1.06. The van der Waals surface area contributed by atoms with Crippen LogP contribution in [0.5, 0.6) is 0 Å². The van der Waals surface area contributed by atoms with E-state index < -0.39 is 0 Å². The van der Waals surface area contributed by atoms with Gasteiger partial charge in [-0.15, -0.1) is 0 Å². The summed E-state index contributed by atoms with van der Waals surface area (Å²) in [7, 11) is 0. The van der Waals surface area contributed by atoms with E-state index in [9.17, 15) is 0 Å². The highest BCUT2D eigenvalue weighted by Gasteiger charge is 1.91. The van der Waals surface area contributed by atoms with Gasteiger partial charge in [-0.1, -0.05) is 12.1 Å². The van der Waals surface area contributed by atoms with E-state index in [0.29, 0.717) is 0 Å². The molecule has 4 heteroatoms. The third-order valence-corrected chi connectivity index (χ3v) is 1.72. The molecular weight excluding hydrogens is 190 g/mol. The van der Waals surface area contributed by atoms with Gasteiger partial charge in [-0.05, 0) is 24.3 Å². The SMILES string of the molecule is c1ccc2ocnc2c1.c1ccnnc1. The Morgan fingerprint density at radius 2 is 1.60 bits per heavy atom. The molecule has 74 valence electrons. The quantitative estimate of drug-likeness (QED) is 0.557.